The Morgan fingerprint density at radius 2 is 1.97 bits per heavy atom. The molecule has 29 heavy (non-hydrogen) atoms. The van der Waals surface area contributed by atoms with Crippen molar-refractivity contribution in [1.82, 2.24) is 20.4 Å². The molecule has 1 aliphatic rings. The van der Waals surface area contributed by atoms with Gasteiger partial charge in [0, 0.05) is 44.0 Å². The maximum Gasteiger partial charge on any atom is 0.263 e. The minimum absolute atomic E-state index is 0.0971. The molecule has 3 heterocycles. The molecule has 0 unspecified atom stereocenters. The van der Waals surface area contributed by atoms with Crippen molar-refractivity contribution in [1.29, 1.82) is 0 Å². The molecule has 1 aromatic carbocycles. The largest absolute Gasteiger partial charge is 0.369 e. The van der Waals surface area contributed by atoms with E-state index in [2.05, 4.69) is 52.2 Å². The van der Waals surface area contributed by atoms with Gasteiger partial charge in [-0.05, 0) is 32.0 Å². The van der Waals surface area contributed by atoms with E-state index < -0.39 is 0 Å². The molecule has 1 amide bonds. The van der Waals surface area contributed by atoms with Gasteiger partial charge in [0.15, 0.2) is 5.58 Å². The van der Waals surface area contributed by atoms with Crippen LogP contribution in [0.3, 0.4) is 0 Å². The van der Waals surface area contributed by atoms with Gasteiger partial charge in [-0.2, -0.15) is 0 Å². The van der Waals surface area contributed by atoms with E-state index >= 15 is 0 Å². The van der Waals surface area contributed by atoms with Crippen LogP contribution in [0.5, 0.6) is 0 Å². The second kappa shape index (κ2) is 8.12. The third kappa shape index (κ3) is 4.13. The fourth-order valence-electron chi connectivity index (χ4n) is 3.27. The summed E-state index contributed by atoms with van der Waals surface area (Å²) in [6.45, 7) is 10.3. The summed E-state index contributed by atoms with van der Waals surface area (Å²) in [5.74, 6) is 0.278. The number of hydrogen-bond donors (Lipinski definition) is 1. The maximum absolute atomic E-state index is 12.5. The van der Waals surface area contributed by atoms with Gasteiger partial charge < -0.3 is 19.6 Å². The summed E-state index contributed by atoms with van der Waals surface area (Å²) < 4.78 is 5.60. The van der Waals surface area contributed by atoms with Gasteiger partial charge in [0.1, 0.15) is 15.6 Å². The first-order valence-corrected chi connectivity index (χ1v) is 10.8. The van der Waals surface area contributed by atoms with Crippen LogP contribution in [-0.2, 0) is 0 Å². The number of anilines is 1. The highest BCUT2D eigenvalue weighted by Crippen LogP contribution is 2.33. The molecule has 3 aromatic rings. The molecule has 1 N–H and O–H groups in total. The van der Waals surface area contributed by atoms with Gasteiger partial charge in [-0.3, -0.25) is 4.79 Å². The van der Waals surface area contributed by atoms with Gasteiger partial charge in [0.25, 0.3) is 5.91 Å². The van der Waals surface area contributed by atoms with E-state index in [-0.39, 0.29) is 11.9 Å². The van der Waals surface area contributed by atoms with Crippen LogP contribution in [0.25, 0.3) is 21.7 Å². The van der Waals surface area contributed by atoms with Crippen molar-refractivity contribution in [3.05, 3.63) is 29.3 Å². The van der Waals surface area contributed by atoms with Crippen LogP contribution in [0.1, 0.15) is 30.4 Å². The highest BCUT2D eigenvalue weighted by molar-refractivity contribution is 7.17. The molecule has 0 radical (unpaired) electrons. The molecule has 1 atom stereocenters. The van der Waals surface area contributed by atoms with Gasteiger partial charge in [-0.15, -0.1) is 11.3 Å². The summed E-state index contributed by atoms with van der Waals surface area (Å²) in [6.07, 6.45) is 1.61. The highest BCUT2D eigenvalue weighted by atomic mass is 32.1. The zero-order valence-electron chi connectivity index (χ0n) is 17.3. The summed E-state index contributed by atoms with van der Waals surface area (Å²) in [4.78, 5) is 22.2. The summed E-state index contributed by atoms with van der Waals surface area (Å²) >= 11 is 1.34. The Morgan fingerprint density at radius 3 is 2.69 bits per heavy atom. The Bertz CT molecular complexity index is 1000. The predicted octanol–water partition coefficient (Wildman–Crippen LogP) is 3.48. The fourth-order valence-corrected chi connectivity index (χ4v) is 4.09. The number of benzene rings is 1. The summed E-state index contributed by atoms with van der Waals surface area (Å²) in [7, 11) is 2.15. The molecule has 1 fully saturated rings. The monoisotopic (exact) mass is 413 g/mol. The van der Waals surface area contributed by atoms with Crippen molar-refractivity contribution in [3.63, 3.8) is 0 Å². The van der Waals surface area contributed by atoms with E-state index in [1.165, 1.54) is 11.3 Å². The predicted molar refractivity (Wildman–Crippen MR) is 117 cm³/mol. The number of fused-ring (bicyclic) bond motifs is 1. The Hall–Kier alpha value is -2.45. The number of carbonyl (C=O) groups excluding carboxylic acids is 1. The van der Waals surface area contributed by atoms with Crippen molar-refractivity contribution in [3.8, 4) is 10.7 Å². The third-order valence-corrected chi connectivity index (χ3v) is 6.62. The van der Waals surface area contributed by atoms with Crippen LogP contribution < -0.4 is 10.2 Å². The molecule has 8 heteroatoms. The molecule has 0 spiro atoms. The van der Waals surface area contributed by atoms with Crippen LogP contribution in [0.2, 0.25) is 0 Å². The standard InChI is InChI=1S/C21H27N5O2S/c1-13(2)14(3)23-20(27)18-12-22-21(29-18)19-16-6-5-15(11-17(16)28-24-19)26-9-7-25(4)8-10-26/h5-6,11-14H,7-10H2,1-4H3,(H,23,27)/t14-/m0/s1. The number of likely N-dealkylation sites (N-methyl/N-ethyl adjacent to an activating group) is 1. The minimum atomic E-state index is -0.0971. The van der Waals surface area contributed by atoms with Crippen LogP contribution in [0, 0.1) is 5.92 Å². The van der Waals surface area contributed by atoms with Gasteiger partial charge >= 0.3 is 0 Å². The van der Waals surface area contributed by atoms with Crippen LogP contribution in [-0.4, -0.2) is 60.2 Å². The number of hydrogen-bond acceptors (Lipinski definition) is 7. The number of rotatable bonds is 5. The highest BCUT2D eigenvalue weighted by Gasteiger charge is 2.20. The van der Waals surface area contributed by atoms with Crippen molar-refractivity contribution in [2.75, 3.05) is 38.1 Å². The Balaban J connectivity index is 1.54. The number of nitrogens with one attached hydrogen (secondary N) is 1. The lowest BCUT2D eigenvalue weighted by atomic mass is 10.1. The van der Waals surface area contributed by atoms with Gasteiger partial charge in [0.2, 0.25) is 0 Å². The minimum Gasteiger partial charge on any atom is -0.369 e. The van der Waals surface area contributed by atoms with Crippen molar-refractivity contribution in [2.24, 2.45) is 5.92 Å². The molecule has 1 saturated heterocycles. The number of nitrogens with zero attached hydrogens (tertiary/aromatic N) is 4. The Labute approximate surface area is 174 Å². The van der Waals surface area contributed by atoms with Gasteiger partial charge in [-0.25, -0.2) is 4.98 Å². The topological polar surface area (TPSA) is 74.5 Å². The number of carbonyl (C=O) groups is 1. The summed E-state index contributed by atoms with van der Waals surface area (Å²) in [5, 5.41) is 8.87. The maximum atomic E-state index is 12.5. The number of aromatic nitrogens is 2. The number of piperazine rings is 1. The van der Waals surface area contributed by atoms with E-state index in [1.54, 1.807) is 6.20 Å². The molecule has 4 rings (SSSR count). The molecule has 154 valence electrons. The summed E-state index contributed by atoms with van der Waals surface area (Å²) in [6, 6.07) is 6.30. The lowest BCUT2D eigenvalue weighted by Crippen LogP contribution is -2.44. The Kier molecular flexibility index (Phi) is 5.56. The zero-order chi connectivity index (χ0) is 20.5. The quantitative estimate of drug-likeness (QED) is 0.690. The van der Waals surface area contributed by atoms with Crippen LogP contribution >= 0.6 is 11.3 Å². The Morgan fingerprint density at radius 1 is 1.21 bits per heavy atom. The van der Waals surface area contributed by atoms with E-state index in [0.29, 0.717) is 21.5 Å². The second-order valence-electron chi connectivity index (χ2n) is 8.04. The lowest BCUT2D eigenvalue weighted by Gasteiger charge is -2.33. The van der Waals surface area contributed by atoms with E-state index in [9.17, 15) is 4.79 Å². The van der Waals surface area contributed by atoms with E-state index in [4.69, 9.17) is 4.52 Å². The number of amides is 1. The smallest absolute Gasteiger partial charge is 0.263 e. The molecule has 1 aliphatic heterocycles. The normalized spacial score (nSPS) is 16.5. The van der Waals surface area contributed by atoms with Crippen molar-refractivity contribution in [2.45, 2.75) is 26.8 Å². The molecule has 0 saturated carbocycles. The first-order chi connectivity index (χ1) is 13.9. The summed E-state index contributed by atoms with van der Waals surface area (Å²) in [5.41, 5.74) is 2.58. The number of thiazole rings is 1. The average Bonchev–Trinajstić information content (AvgIpc) is 3.34. The zero-order valence-corrected chi connectivity index (χ0v) is 18.1. The molecule has 7 nitrogen and oxygen atoms in total. The van der Waals surface area contributed by atoms with Gasteiger partial charge in [-0.1, -0.05) is 19.0 Å². The van der Waals surface area contributed by atoms with Crippen LogP contribution in [0.4, 0.5) is 5.69 Å². The second-order valence-corrected chi connectivity index (χ2v) is 9.07. The van der Waals surface area contributed by atoms with Crippen molar-refractivity contribution < 1.29 is 9.32 Å². The lowest BCUT2D eigenvalue weighted by molar-refractivity contribution is 0.0934. The molecule has 2 aromatic heterocycles. The fraction of sp³-hybridized carbons (Fsp3) is 0.476. The van der Waals surface area contributed by atoms with E-state index in [0.717, 1.165) is 42.8 Å². The van der Waals surface area contributed by atoms with Crippen molar-refractivity contribution >= 4 is 33.9 Å². The van der Waals surface area contributed by atoms with Gasteiger partial charge in [0.05, 0.1) is 11.6 Å². The van der Waals surface area contributed by atoms with Crippen LogP contribution in [0.15, 0.2) is 28.9 Å². The molecular formula is C21H27N5O2S. The molecule has 0 bridgehead atoms. The molecular weight excluding hydrogens is 386 g/mol. The average molecular weight is 414 g/mol. The molecule has 0 aliphatic carbocycles. The third-order valence-electron chi connectivity index (χ3n) is 5.61. The van der Waals surface area contributed by atoms with E-state index in [1.807, 2.05) is 19.1 Å². The SMILES string of the molecule is CC(C)[C@H](C)NC(=O)c1cnc(-c2noc3cc(N4CCN(C)CC4)ccc23)s1. The first kappa shape index (κ1) is 19.8. The first-order valence-electron chi connectivity index (χ1n) is 10.0.